The molecule has 3 nitrogen and oxygen atoms in total. The molecular weight excluding hydrogens is 166 g/mol. The van der Waals surface area contributed by atoms with Crippen molar-refractivity contribution in [3.63, 3.8) is 0 Å². The minimum atomic E-state index is -0.650. The Balaban J connectivity index is 1.83. The van der Waals surface area contributed by atoms with Gasteiger partial charge in [0, 0.05) is 19.0 Å². The summed E-state index contributed by atoms with van der Waals surface area (Å²) in [5.41, 5.74) is 0. The van der Waals surface area contributed by atoms with Crippen molar-refractivity contribution in [2.24, 2.45) is 5.92 Å². The van der Waals surface area contributed by atoms with Crippen LogP contribution >= 0.6 is 0 Å². The van der Waals surface area contributed by atoms with Gasteiger partial charge in [0.15, 0.2) is 0 Å². The third-order valence-electron chi connectivity index (χ3n) is 3.36. The fraction of sp³-hybridized carbons (Fsp3) is 0.900. The Kier molecular flexibility index (Phi) is 2.54. The van der Waals surface area contributed by atoms with Crippen molar-refractivity contribution >= 4 is 5.97 Å². The quantitative estimate of drug-likeness (QED) is 0.717. The molecule has 0 saturated carbocycles. The molecule has 3 atom stereocenters. The van der Waals surface area contributed by atoms with Crippen LogP contribution in [0.25, 0.3) is 0 Å². The molecule has 0 aromatic carbocycles. The second-order valence-corrected chi connectivity index (χ2v) is 4.33. The molecule has 2 saturated heterocycles. The van der Waals surface area contributed by atoms with E-state index in [2.05, 4.69) is 4.90 Å². The monoisotopic (exact) mass is 183 g/mol. The Bertz CT molecular complexity index is 205. The summed E-state index contributed by atoms with van der Waals surface area (Å²) in [7, 11) is 0. The number of rotatable bonds is 3. The Morgan fingerprint density at radius 2 is 2.38 bits per heavy atom. The van der Waals surface area contributed by atoms with Crippen molar-refractivity contribution in [2.75, 3.05) is 13.1 Å². The summed E-state index contributed by atoms with van der Waals surface area (Å²) in [4.78, 5) is 12.9. The van der Waals surface area contributed by atoms with Crippen LogP contribution in [0.2, 0.25) is 0 Å². The fourth-order valence-electron chi connectivity index (χ4n) is 2.75. The molecule has 0 amide bonds. The molecule has 1 N–H and O–H groups in total. The minimum Gasteiger partial charge on any atom is -0.481 e. The number of hydrogen-bond donors (Lipinski definition) is 1. The summed E-state index contributed by atoms with van der Waals surface area (Å²) in [5, 5.41) is 8.60. The molecule has 3 heteroatoms. The molecule has 74 valence electrons. The molecule has 2 aliphatic heterocycles. The maximum Gasteiger partial charge on any atom is 0.303 e. The van der Waals surface area contributed by atoms with Gasteiger partial charge < -0.3 is 10.0 Å². The van der Waals surface area contributed by atoms with Gasteiger partial charge in [-0.05, 0) is 38.1 Å². The molecule has 2 rings (SSSR count). The summed E-state index contributed by atoms with van der Waals surface area (Å²) >= 11 is 0. The summed E-state index contributed by atoms with van der Waals surface area (Å²) in [6, 6.07) is 0.573. The van der Waals surface area contributed by atoms with E-state index in [9.17, 15) is 4.79 Å². The molecule has 0 spiro atoms. The van der Waals surface area contributed by atoms with Crippen molar-refractivity contribution in [3.05, 3.63) is 0 Å². The number of carboxylic acid groups (broad SMARTS) is 1. The van der Waals surface area contributed by atoms with Crippen molar-refractivity contribution in [1.29, 1.82) is 0 Å². The van der Waals surface area contributed by atoms with Crippen LogP contribution < -0.4 is 0 Å². The Hall–Kier alpha value is -0.570. The predicted molar refractivity (Wildman–Crippen MR) is 49.6 cm³/mol. The van der Waals surface area contributed by atoms with Gasteiger partial charge in [0.05, 0.1) is 0 Å². The Morgan fingerprint density at radius 1 is 1.54 bits per heavy atom. The van der Waals surface area contributed by atoms with Gasteiger partial charge in [-0.3, -0.25) is 4.79 Å². The van der Waals surface area contributed by atoms with Crippen LogP contribution in [0.3, 0.4) is 0 Å². The highest BCUT2D eigenvalue weighted by molar-refractivity contribution is 5.66. The van der Waals surface area contributed by atoms with E-state index in [1.165, 1.54) is 32.4 Å². The lowest BCUT2D eigenvalue weighted by Crippen LogP contribution is -2.32. The van der Waals surface area contributed by atoms with E-state index in [4.69, 9.17) is 5.11 Å². The highest BCUT2D eigenvalue weighted by Gasteiger charge is 2.34. The van der Waals surface area contributed by atoms with Gasteiger partial charge >= 0.3 is 5.97 Å². The number of fused-ring (bicyclic) bond motifs is 2. The molecule has 13 heavy (non-hydrogen) atoms. The molecule has 3 unspecified atom stereocenters. The van der Waals surface area contributed by atoms with Crippen LogP contribution in [0, 0.1) is 5.92 Å². The van der Waals surface area contributed by atoms with Gasteiger partial charge in [-0.25, -0.2) is 0 Å². The van der Waals surface area contributed by atoms with E-state index in [1.54, 1.807) is 0 Å². The smallest absolute Gasteiger partial charge is 0.303 e. The average molecular weight is 183 g/mol. The average Bonchev–Trinajstić information content (AvgIpc) is 2.38. The van der Waals surface area contributed by atoms with Gasteiger partial charge in [-0.2, -0.15) is 0 Å². The first-order valence-electron chi connectivity index (χ1n) is 5.21. The van der Waals surface area contributed by atoms with Crippen LogP contribution in [0.1, 0.15) is 32.1 Å². The number of carbonyl (C=O) groups is 1. The van der Waals surface area contributed by atoms with Crippen LogP contribution in [-0.2, 0) is 4.79 Å². The topological polar surface area (TPSA) is 40.5 Å². The first-order chi connectivity index (χ1) is 6.25. The largest absolute Gasteiger partial charge is 0.481 e. The highest BCUT2D eigenvalue weighted by atomic mass is 16.4. The lowest BCUT2D eigenvalue weighted by molar-refractivity contribution is -0.137. The fourth-order valence-corrected chi connectivity index (χ4v) is 2.75. The lowest BCUT2D eigenvalue weighted by atomic mass is 9.98. The van der Waals surface area contributed by atoms with Crippen LogP contribution in [0.15, 0.2) is 0 Å². The highest BCUT2D eigenvalue weighted by Crippen LogP contribution is 2.33. The maximum atomic E-state index is 10.4. The molecule has 0 aromatic rings. The number of piperidine rings is 1. The van der Waals surface area contributed by atoms with E-state index in [-0.39, 0.29) is 0 Å². The molecule has 0 radical (unpaired) electrons. The van der Waals surface area contributed by atoms with Gasteiger partial charge in [0.25, 0.3) is 0 Å². The van der Waals surface area contributed by atoms with E-state index in [0.29, 0.717) is 12.5 Å². The predicted octanol–water partition coefficient (Wildman–Crippen LogP) is 1.34. The first kappa shape index (κ1) is 9.00. The molecule has 2 fully saturated rings. The van der Waals surface area contributed by atoms with Gasteiger partial charge in [0.2, 0.25) is 0 Å². The third kappa shape index (κ3) is 2.02. The zero-order valence-corrected chi connectivity index (χ0v) is 7.91. The Morgan fingerprint density at radius 3 is 3.08 bits per heavy atom. The van der Waals surface area contributed by atoms with Crippen LogP contribution in [-0.4, -0.2) is 35.1 Å². The lowest BCUT2D eigenvalue weighted by Gasteiger charge is -2.25. The number of carboxylic acids is 1. The summed E-state index contributed by atoms with van der Waals surface area (Å²) in [6.45, 7) is 2.42. The first-order valence-corrected chi connectivity index (χ1v) is 5.21. The summed E-state index contributed by atoms with van der Waals surface area (Å²) in [5.74, 6) is 0.218. The molecule has 2 heterocycles. The second-order valence-electron chi connectivity index (χ2n) is 4.33. The Labute approximate surface area is 78.7 Å². The van der Waals surface area contributed by atoms with Crippen LogP contribution in [0.5, 0.6) is 0 Å². The van der Waals surface area contributed by atoms with Gasteiger partial charge in [-0.15, -0.1) is 0 Å². The molecule has 0 aliphatic carbocycles. The third-order valence-corrected chi connectivity index (χ3v) is 3.36. The van der Waals surface area contributed by atoms with Crippen molar-refractivity contribution in [2.45, 2.75) is 38.1 Å². The van der Waals surface area contributed by atoms with E-state index < -0.39 is 5.97 Å². The molecule has 0 aromatic heterocycles. The van der Waals surface area contributed by atoms with Crippen molar-refractivity contribution in [3.8, 4) is 0 Å². The molecule has 2 bridgehead atoms. The van der Waals surface area contributed by atoms with Crippen molar-refractivity contribution in [1.82, 2.24) is 4.90 Å². The van der Waals surface area contributed by atoms with Crippen molar-refractivity contribution < 1.29 is 9.90 Å². The normalized spacial score (nSPS) is 37.7. The maximum absolute atomic E-state index is 10.4. The molecule has 2 aliphatic rings. The molecular formula is C10H17NO2. The number of nitrogens with zero attached hydrogens (tertiary/aromatic N) is 1. The standard InChI is InChI=1S/C10H17NO2/c12-10(13)4-3-9-6-8-2-1-5-11(9)7-8/h8-9H,1-7H2,(H,12,13). The van der Waals surface area contributed by atoms with Gasteiger partial charge in [-0.1, -0.05) is 0 Å². The second kappa shape index (κ2) is 3.66. The SMILES string of the molecule is O=C(O)CCC1CC2CCCN1C2. The minimum absolute atomic E-state index is 0.341. The summed E-state index contributed by atoms with van der Waals surface area (Å²) in [6.07, 6.45) is 5.11. The van der Waals surface area contributed by atoms with Gasteiger partial charge in [0.1, 0.15) is 0 Å². The zero-order chi connectivity index (χ0) is 9.26. The van der Waals surface area contributed by atoms with E-state index >= 15 is 0 Å². The van der Waals surface area contributed by atoms with Crippen LogP contribution in [0.4, 0.5) is 0 Å². The zero-order valence-electron chi connectivity index (χ0n) is 7.91. The number of aliphatic carboxylic acids is 1. The summed E-state index contributed by atoms with van der Waals surface area (Å²) < 4.78 is 0. The van der Waals surface area contributed by atoms with E-state index in [1.807, 2.05) is 0 Å². The van der Waals surface area contributed by atoms with E-state index in [0.717, 1.165) is 12.3 Å². The number of hydrogen-bond acceptors (Lipinski definition) is 2.